The van der Waals surface area contributed by atoms with Crippen LogP contribution in [0.2, 0.25) is 0 Å². The predicted octanol–water partition coefficient (Wildman–Crippen LogP) is 1.57. The zero-order valence-corrected chi connectivity index (χ0v) is 12.8. The molecule has 1 N–H and O–H groups in total. The van der Waals surface area contributed by atoms with Gasteiger partial charge in [0.05, 0.1) is 17.8 Å². The van der Waals surface area contributed by atoms with Crippen molar-refractivity contribution in [3.63, 3.8) is 0 Å². The average molecular weight is 302 g/mol. The van der Waals surface area contributed by atoms with E-state index in [1.54, 1.807) is 6.20 Å². The first kappa shape index (κ1) is 14.2. The Morgan fingerprint density at radius 1 is 1.52 bits per heavy atom. The van der Waals surface area contributed by atoms with E-state index < -0.39 is 0 Å². The molecule has 0 bridgehead atoms. The summed E-state index contributed by atoms with van der Waals surface area (Å²) in [5.74, 6) is 0.155. The summed E-state index contributed by atoms with van der Waals surface area (Å²) in [6, 6.07) is 6.01. The number of hydrogen-bond acceptors (Lipinski definition) is 5. The van der Waals surface area contributed by atoms with E-state index in [4.69, 9.17) is 0 Å². The van der Waals surface area contributed by atoms with Gasteiger partial charge in [-0.3, -0.25) is 9.78 Å². The normalized spacial score (nSPS) is 18.7. The van der Waals surface area contributed by atoms with Gasteiger partial charge in [-0.2, -0.15) is 0 Å². The number of nitrogens with zero attached hydrogens (tertiary/aromatic N) is 3. The van der Waals surface area contributed by atoms with Crippen LogP contribution in [0, 0.1) is 0 Å². The molecule has 1 amide bonds. The van der Waals surface area contributed by atoms with E-state index in [0.29, 0.717) is 6.42 Å². The number of carbonyl (C=O) groups is 1. The standard InChI is InChI=1S/C15H18N4OS/c1-11-9-16-6-7-19(11)14(20)8-12-10-21-15(18-12)13-4-2-3-5-17-13/h2-5,10-11,16H,6-9H2,1H3/t11-/m0/s1. The highest BCUT2D eigenvalue weighted by atomic mass is 32.1. The molecule has 3 rings (SSSR count). The van der Waals surface area contributed by atoms with Gasteiger partial charge in [0.1, 0.15) is 5.01 Å². The topological polar surface area (TPSA) is 58.1 Å². The van der Waals surface area contributed by atoms with E-state index in [0.717, 1.165) is 36.0 Å². The predicted molar refractivity (Wildman–Crippen MR) is 83.1 cm³/mol. The van der Waals surface area contributed by atoms with Crippen LogP contribution in [0.25, 0.3) is 10.7 Å². The third-order valence-electron chi connectivity index (χ3n) is 3.59. The summed E-state index contributed by atoms with van der Waals surface area (Å²) in [6.45, 7) is 4.58. The van der Waals surface area contributed by atoms with Gasteiger partial charge in [-0.25, -0.2) is 4.98 Å². The second kappa shape index (κ2) is 6.32. The number of pyridine rings is 1. The molecular weight excluding hydrogens is 284 g/mol. The molecular formula is C15H18N4OS. The van der Waals surface area contributed by atoms with Crippen LogP contribution < -0.4 is 5.32 Å². The lowest BCUT2D eigenvalue weighted by atomic mass is 10.2. The van der Waals surface area contributed by atoms with Crippen molar-refractivity contribution < 1.29 is 4.79 Å². The van der Waals surface area contributed by atoms with Gasteiger partial charge in [-0.05, 0) is 19.1 Å². The minimum Gasteiger partial charge on any atom is -0.337 e. The summed E-state index contributed by atoms with van der Waals surface area (Å²) in [5, 5.41) is 6.11. The summed E-state index contributed by atoms with van der Waals surface area (Å²) < 4.78 is 0. The second-order valence-electron chi connectivity index (χ2n) is 5.18. The number of aromatic nitrogens is 2. The number of thiazole rings is 1. The molecule has 0 aliphatic carbocycles. The number of nitrogens with one attached hydrogen (secondary N) is 1. The average Bonchev–Trinajstić information content (AvgIpc) is 2.97. The Morgan fingerprint density at radius 2 is 2.43 bits per heavy atom. The monoisotopic (exact) mass is 302 g/mol. The molecule has 0 spiro atoms. The lowest BCUT2D eigenvalue weighted by Crippen LogP contribution is -2.52. The van der Waals surface area contributed by atoms with Crippen molar-refractivity contribution in [1.29, 1.82) is 0 Å². The molecule has 6 heteroatoms. The molecule has 1 aliphatic rings. The summed E-state index contributed by atoms with van der Waals surface area (Å²) in [5.41, 5.74) is 1.69. The SMILES string of the molecule is C[C@H]1CNCCN1C(=O)Cc1csc(-c2ccccn2)n1. The highest BCUT2D eigenvalue weighted by Gasteiger charge is 2.23. The number of rotatable bonds is 3. The first-order chi connectivity index (χ1) is 10.2. The highest BCUT2D eigenvalue weighted by molar-refractivity contribution is 7.13. The van der Waals surface area contributed by atoms with Gasteiger partial charge in [0.25, 0.3) is 0 Å². The number of amides is 1. The fourth-order valence-corrected chi connectivity index (χ4v) is 3.26. The molecule has 1 fully saturated rings. The van der Waals surface area contributed by atoms with Crippen LogP contribution >= 0.6 is 11.3 Å². The van der Waals surface area contributed by atoms with Crippen LogP contribution in [-0.2, 0) is 11.2 Å². The second-order valence-corrected chi connectivity index (χ2v) is 6.03. The van der Waals surface area contributed by atoms with E-state index >= 15 is 0 Å². The molecule has 0 saturated carbocycles. The first-order valence-corrected chi connectivity index (χ1v) is 7.98. The first-order valence-electron chi connectivity index (χ1n) is 7.10. The maximum Gasteiger partial charge on any atom is 0.228 e. The van der Waals surface area contributed by atoms with Crippen LogP contribution in [0.15, 0.2) is 29.8 Å². The van der Waals surface area contributed by atoms with Gasteiger partial charge < -0.3 is 10.2 Å². The summed E-state index contributed by atoms with van der Waals surface area (Å²) in [6.07, 6.45) is 2.12. The zero-order chi connectivity index (χ0) is 14.7. The Morgan fingerprint density at radius 3 is 3.19 bits per heavy atom. The van der Waals surface area contributed by atoms with Crippen molar-refractivity contribution in [2.75, 3.05) is 19.6 Å². The van der Waals surface area contributed by atoms with Gasteiger partial charge in [0.15, 0.2) is 0 Å². The number of piperazine rings is 1. The van der Waals surface area contributed by atoms with Crippen molar-refractivity contribution in [2.45, 2.75) is 19.4 Å². The Kier molecular flexibility index (Phi) is 4.26. The van der Waals surface area contributed by atoms with Gasteiger partial charge in [-0.15, -0.1) is 11.3 Å². The minimum absolute atomic E-state index is 0.155. The lowest BCUT2D eigenvalue weighted by molar-refractivity contribution is -0.133. The largest absolute Gasteiger partial charge is 0.337 e. The van der Waals surface area contributed by atoms with Crippen molar-refractivity contribution in [3.8, 4) is 10.7 Å². The van der Waals surface area contributed by atoms with Crippen LogP contribution in [0.5, 0.6) is 0 Å². The van der Waals surface area contributed by atoms with E-state index in [1.807, 2.05) is 28.5 Å². The molecule has 0 radical (unpaired) electrons. The Balaban J connectivity index is 1.68. The Hall–Kier alpha value is -1.79. The van der Waals surface area contributed by atoms with Crippen molar-refractivity contribution >= 4 is 17.2 Å². The highest BCUT2D eigenvalue weighted by Crippen LogP contribution is 2.22. The van der Waals surface area contributed by atoms with Gasteiger partial charge >= 0.3 is 0 Å². The fourth-order valence-electron chi connectivity index (χ4n) is 2.46. The maximum atomic E-state index is 12.4. The molecule has 0 aromatic carbocycles. The van der Waals surface area contributed by atoms with Crippen molar-refractivity contribution in [2.24, 2.45) is 0 Å². The molecule has 1 saturated heterocycles. The van der Waals surface area contributed by atoms with Gasteiger partial charge in [-0.1, -0.05) is 6.07 Å². The summed E-state index contributed by atoms with van der Waals surface area (Å²) in [7, 11) is 0. The van der Waals surface area contributed by atoms with Crippen LogP contribution in [-0.4, -0.2) is 46.5 Å². The molecule has 1 atom stereocenters. The van der Waals surface area contributed by atoms with E-state index in [-0.39, 0.29) is 11.9 Å². The Bertz CT molecular complexity index is 613. The lowest BCUT2D eigenvalue weighted by Gasteiger charge is -2.33. The zero-order valence-electron chi connectivity index (χ0n) is 12.0. The van der Waals surface area contributed by atoms with Crippen LogP contribution in [0.3, 0.4) is 0 Å². The smallest absolute Gasteiger partial charge is 0.228 e. The molecule has 110 valence electrons. The fraction of sp³-hybridized carbons (Fsp3) is 0.400. The third-order valence-corrected chi connectivity index (χ3v) is 4.50. The van der Waals surface area contributed by atoms with Gasteiger partial charge in [0.2, 0.25) is 5.91 Å². The molecule has 2 aromatic heterocycles. The quantitative estimate of drug-likeness (QED) is 0.935. The molecule has 21 heavy (non-hydrogen) atoms. The summed E-state index contributed by atoms with van der Waals surface area (Å²) >= 11 is 1.54. The molecule has 2 aromatic rings. The Labute approximate surface area is 128 Å². The molecule has 0 unspecified atom stereocenters. The molecule has 3 heterocycles. The van der Waals surface area contributed by atoms with Crippen molar-refractivity contribution in [1.82, 2.24) is 20.2 Å². The molecule has 1 aliphatic heterocycles. The minimum atomic E-state index is 0.155. The summed E-state index contributed by atoms with van der Waals surface area (Å²) in [4.78, 5) is 23.1. The number of hydrogen-bond donors (Lipinski definition) is 1. The third kappa shape index (κ3) is 3.28. The molecule has 5 nitrogen and oxygen atoms in total. The van der Waals surface area contributed by atoms with Crippen molar-refractivity contribution in [3.05, 3.63) is 35.5 Å². The number of carbonyl (C=O) groups excluding carboxylic acids is 1. The van der Waals surface area contributed by atoms with Crippen LogP contribution in [0.4, 0.5) is 0 Å². The van der Waals surface area contributed by atoms with Crippen LogP contribution in [0.1, 0.15) is 12.6 Å². The van der Waals surface area contributed by atoms with E-state index in [1.165, 1.54) is 11.3 Å². The maximum absolute atomic E-state index is 12.4. The van der Waals surface area contributed by atoms with Gasteiger partial charge in [0, 0.05) is 37.3 Å². The van der Waals surface area contributed by atoms with E-state index in [2.05, 4.69) is 22.2 Å². The van der Waals surface area contributed by atoms with E-state index in [9.17, 15) is 4.79 Å².